The molecule has 1 aromatic carbocycles. The number of fused-ring (bicyclic) bond motifs is 1. The number of nitrogens with one attached hydrogen (secondary N) is 1. The zero-order valence-electron chi connectivity index (χ0n) is 12.3. The summed E-state index contributed by atoms with van der Waals surface area (Å²) >= 11 is 1.80. The van der Waals surface area contributed by atoms with Crippen molar-refractivity contribution in [1.82, 2.24) is 15.2 Å². The Morgan fingerprint density at radius 2 is 2.14 bits per heavy atom. The molecule has 3 rings (SSSR count). The first-order valence-corrected chi connectivity index (χ1v) is 8.01. The summed E-state index contributed by atoms with van der Waals surface area (Å²) < 4.78 is 3.35. The standard InChI is InChI=1S/C16H20N4S/c1-3-20-13(8-11(2)19-20)10-14(18-17)16-9-12-6-4-5-7-15(12)21-16/h4-9,14,18H,3,10,17H2,1-2H3. The maximum atomic E-state index is 5.80. The van der Waals surface area contributed by atoms with E-state index >= 15 is 0 Å². The Balaban J connectivity index is 1.90. The van der Waals surface area contributed by atoms with Crippen LogP contribution in [0.5, 0.6) is 0 Å². The van der Waals surface area contributed by atoms with E-state index < -0.39 is 0 Å². The Morgan fingerprint density at radius 1 is 1.33 bits per heavy atom. The topological polar surface area (TPSA) is 55.9 Å². The van der Waals surface area contributed by atoms with E-state index in [9.17, 15) is 0 Å². The van der Waals surface area contributed by atoms with E-state index in [-0.39, 0.29) is 6.04 Å². The highest BCUT2D eigenvalue weighted by Gasteiger charge is 2.16. The van der Waals surface area contributed by atoms with Crippen LogP contribution in [0.2, 0.25) is 0 Å². The monoisotopic (exact) mass is 300 g/mol. The van der Waals surface area contributed by atoms with E-state index in [2.05, 4.69) is 53.8 Å². The third kappa shape index (κ3) is 2.85. The molecule has 1 unspecified atom stereocenters. The van der Waals surface area contributed by atoms with Crippen LogP contribution in [0.3, 0.4) is 0 Å². The number of aryl methyl sites for hydroxylation is 2. The van der Waals surface area contributed by atoms with Crippen molar-refractivity contribution in [3.8, 4) is 0 Å². The fraction of sp³-hybridized carbons (Fsp3) is 0.312. The van der Waals surface area contributed by atoms with Crippen molar-refractivity contribution in [2.45, 2.75) is 32.9 Å². The molecule has 2 aromatic heterocycles. The van der Waals surface area contributed by atoms with Crippen molar-refractivity contribution >= 4 is 21.4 Å². The lowest BCUT2D eigenvalue weighted by molar-refractivity contribution is 0.523. The second kappa shape index (κ2) is 5.97. The number of nitrogens with zero attached hydrogens (tertiary/aromatic N) is 2. The molecule has 0 aliphatic carbocycles. The minimum atomic E-state index is 0.115. The summed E-state index contributed by atoms with van der Waals surface area (Å²) in [5.74, 6) is 5.80. The van der Waals surface area contributed by atoms with Gasteiger partial charge in [0.15, 0.2) is 0 Å². The Kier molecular flexibility index (Phi) is 4.05. The molecule has 0 saturated heterocycles. The smallest absolute Gasteiger partial charge is 0.0608 e. The molecule has 0 bridgehead atoms. The third-order valence-electron chi connectivity index (χ3n) is 3.69. The molecule has 110 valence electrons. The first-order valence-electron chi connectivity index (χ1n) is 7.19. The zero-order valence-corrected chi connectivity index (χ0v) is 13.2. The van der Waals surface area contributed by atoms with Gasteiger partial charge in [0.25, 0.3) is 0 Å². The summed E-state index contributed by atoms with van der Waals surface area (Å²) in [5, 5.41) is 5.78. The van der Waals surface area contributed by atoms with E-state index in [1.807, 2.05) is 11.6 Å². The number of hydrazine groups is 1. The van der Waals surface area contributed by atoms with Gasteiger partial charge in [0, 0.05) is 28.2 Å². The molecular formula is C16H20N4S. The van der Waals surface area contributed by atoms with Gasteiger partial charge in [-0.3, -0.25) is 16.0 Å². The van der Waals surface area contributed by atoms with Crippen LogP contribution >= 0.6 is 11.3 Å². The average molecular weight is 300 g/mol. The van der Waals surface area contributed by atoms with Crippen molar-refractivity contribution in [2.75, 3.05) is 0 Å². The maximum absolute atomic E-state index is 5.80. The summed E-state index contributed by atoms with van der Waals surface area (Å²) in [6, 6.07) is 12.9. The average Bonchev–Trinajstić information content (AvgIpc) is 3.07. The van der Waals surface area contributed by atoms with Crippen molar-refractivity contribution in [3.05, 3.63) is 52.7 Å². The summed E-state index contributed by atoms with van der Waals surface area (Å²) in [5.41, 5.74) is 5.23. The molecule has 3 N–H and O–H groups in total. The van der Waals surface area contributed by atoms with E-state index in [1.54, 1.807) is 11.3 Å². The summed E-state index contributed by atoms with van der Waals surface area (Å²) in [4.78, 5) is 1.26. The van der Waals surface area contributed by atoms with Gasteiger partial charge in [-0.25, -0.2) is 0 Å². The number of nitrogens with two attached hydrogens (primary N) is 1. The lowest BCUT2D eigenvalue weighted by atomic mass is 10.1. The lowest BCUT2D eigenvalue weighted by Gasteiger charge is -2.14. The number of hydrogen-bond acceptors (Lipinski definition) is 4. The molecule has 0 amide bonds. The molecule has 1 atom stereocenters. The summed E-state index contributed by atoms with van der Waals surface area (Å²) in [6.07, 6.45) is 0.845. The number of thiophene rings is 1. The van der Waals surface area contributed by atoms with Gasteiger partial charge in [0.1, 0.15) is 0 Å². The number of hydrogen-bond donors (Lipinski definition) is 2. The molecule has 5 heteroatoms. The van der Waals surface area contributed by atoms with Crippen molar-refractivity contribution in [3.63, 3.8) is 0 Å². The third-order valence-corrected chi connectivity index (χ3v) is 4.92. The summed E-state index contributed by atoms with van der Waals surface area (Å²) in [7, 11) is 0. The molecule has 2 heterocycles. The molecule has 0 radical (unpaired) electrons. The van der Waals surface area contributed by atoms with Crippen LogP contribution in [0.15, 0.2) is 36.4 Å². The van der Waals surface area contributed by atoms with Crippen LogP contribution in [0.4, 0.5) is 0 Å². The van der Waals surface area contributed by atoms with E-state index in [0.717, 1.165) is 18.7 Å². The molecule has 0 aliphatic rings. The Morgan fingerprint density at radius 3 is 2.86 bits per heavy atom. The molecule has 0 fully saturated rings. The van der Waals surface area contributed by atoms with Crippen molar-refractivity contribution < 1.29 is 0 Å². The molecule has 21 heavy (non-hydrogen) atoms. The lowest BCUT2D eigenvalue weighted by Crippen LogP contribution is -2.29. The van der Waals surface area contributed by atoms with Gasteiger partial charge in [-0.05, 0) is 37.4 Å². The molecular weight excluding hydrogens is 280 g/mol. The Bertz CT molecular complexity index is 711. The number of rotatable bonds is 5. The molecule has 4 nitrogen and oxygen atoms in total. The fourth-order valence-electron chi connectivity index (χ4n) is 2.66. The normalized spacial score (nSPS) is 12.9. The van der Waals surface area contributed by atoms with Crippen LogP contribution < -0.4 is 11.3 Å². The fourth-order valence-corrected chi connectivity index (χ4v) is 3.79. The van der Waals surface area contributed by atoms with E-state index in [0.29, 0.717) is 0 Å². The number of benzene rings is 1. The number of aromatic nitrogens is 2. The predicted molar refractivity (Wildman–Crippen MR) is 88.2 cm³/mol. The molecule has 0 aliphatic heterocycles. The summed E-state index contributed by atoms with van der Waals surface area (Å²) in [6.45, 7) is 5.02. The maximum Gasteiger partial charge on any atom is 0.0608 e. The van der Waals surface area contributed by atoms with Gasteiger partial charge < -0.3 is 0 Å². The van der Waals surface area contributed by atoms with E-state index in [1.165, 1.54) is 20.7 Å². The highest BCUT2D eigenvalue weighted by molar-refractivity contribution is 7.19. The van der Waals surface area contributed by atoms with Crippen molar-refractivity contribution in [2.24, 2.45) is 5.84 Å². The van der Waals surface area contributed by atoms with Crippen LogP contribution in [0.1, 0.15) is 29.2 Å². The van der Waals surface area contributed by atoms with Gasteiger partial charge in [0.05, 0.1) is 11.7 Å². The second-order valence-electron chi connectivity index (χ2n) is 5.20. The van der Waals surface area contributed by atoms with Crippen LogP contribution in [-0.4, -0.2) is 9.78 Å². The first-order chi connectivity index (χ1) is 10.2. The van der Waals surface area contributed by atoms with Gasteiger partial charge in [-0.2, -0.15) is 5.10 Å². The highest BCUT2D eigenvalue weighted by Crippen LogP contribution is 2.31. The van der Waals surface area contributed by atoms with Crippen LogP contribution in [0, 0.1) is 6.92 Å². The quantitative estimate of drug-likeness (QED) is 0.562. The molecule has 0 saturated carbocycles. The van der Waals surface area contributed by atoms with Gasteiger partial charge in [0.2, 0.25) is 0 Å². The van der Waals surface area contributed by atoms with E-state index in [4.69, 9.17) is 5.84 Å². The van der Waals surface area contributed by atoms with Gasteiger partial charge >= 0.3 is 0 Å². The highest BCUT2D eigenvalue weighted by atomic mass is 32.1. The Labute approximate surface area is 128 Å². The minimum absolute atomic E-state index is 0.115. The predicted octanol–water partition coefficient (Wildman–Crippen LogP) is 3.17. The van der Waals surface area contributed by atoms with Gasteiger partial charge in [-0.1, -0.05) is 18.2 Å². The minimum Gasteiger partial charge on any atom is -0.271 e. The first kappa shape index (κ1) is 14.3. The van der Waals surface area contributed by atoms with Crippen molar-refractivity contribution in [1.29, 1.82) is 0 Å². The Hall–Kier alpha value is -1.69. The molecule has 0 spiro atoms. The van der Waals surface area contributed by atoms with Crippen LogP contribution in [-0.2, 0) is 13.0 Å². The van der Waals surface area contributed by atoms with Crippen LogP contribution in [0.25, 0.3) is 10.1 Å². The SMILES string of the molecule is CCn1nc(C)cc1CC(NN)c1cc2ccccc2s1. The van der Waals surface area contributed by atoms with Gasteiger partial charge in [-0.15, -0.1) is 11.3 Å². The second-order valence-corrected chi connectivity index (χ2v) is 6.32. The zero-order chi connectivity index (χ0) is 14.8. The molecule has 3 aromatic rings. The largest absolute Gasteiger partial charge is 0.271 e.